The van der Waals surface area contributed by atoms with Gasteiger partial charge in [0.25, 0.3) is 0 Å². The largest absolute Gasteiger partial charge is 0.386 e. The molecule has 0 spiro atoms. The average Bonchev–Trinajstić information content (AvgIpc) is 2.61. The van der Waals surface area contributed by atoms with E-state index in [-0.39, 0.29) is 5.92 Å². The van der Waals surface area contributed by atoms with Gasteiger partial charge in [0, 0.05) is 17.6 Å². The highest BCUT2D eigenvalue weighted by atomic mass is 16.3. The topological polar surface area (TPSA) is 45.5 Å². The average molecular weight is 204 g/mol. The summed E-state index contributed by atoms with van der Waals surface area (Å²) in [5.74, 6) is 0.359. The number of aliphatic hydroxyl groups is 1. The number of aliphatic hydroxyl groups excluding tert-OH is 1. The second kappa shape index (κ2) is 4.11. The smallest absolute Gasteiger partial charge is 0.102 e. The lowest BCUT2D eigenvalue weighted by molar-refractivity contribution is 0.215. The third-order valence-corrected chi connectivity index (χ3v) is 2.81. The lowest BCUT2D eigenvalue weighted by Gasteiger charge is -2.16. The first-order valence-electron chi connectivity index (χ1n) is 5.33. The number of hydrogen-bond acceptors (Lipinski definition) is 3. The van der Waals surface area contributed by atoms with E-state index in [1.807, 2.05) is 18.2 Å². The summed E-state index contributed by atoms with van der Waals surface area (Å²) in [6.07, 6.45) is 1.30. The maximum Gasteiger partial charge on any atom is 0.102 e. The van der Waals surface area contributed by atoms with E-state index < -0.39 is 6.10 Å². The van der Waals surface area contributed by atoms with Crippen molar-refractivity contribution >= 4 is 5.71 Å². The van der Waals surface area contributed by atoms with Gasteiger partial charge in [-0.2, -0.15) is 0 Å². The molecular formula is C12H16N2O. The predicted octanol–water partition coefficient (Wildman–Crippen LogP) is 1.64. The Hall–Kier alpha value is -1.22. The Balaban J connectivity index is 2.17. The van der Waals surface area contributed by atoms with E-state index in [4.69, 9.17) is 0 Å². The number of hydrogen-bond donors (Lipinski definition) is 1. The van der Waals surface area contributed by atoms with Crippen molar-refractivity contribution in [2.24, 2.45) is 10.9 Å². The van der Waals surface area contributed by atoms with Crippen molar-refractivity contribution in [1.82, 2.24) is 4.98 Å². The van der Waals surface area contributed by atoms with E-state index in [0.29, 0.717) is 12.5 Å². The van der Waals surface area contributed by atoms with E-state index in [0.717, 1.165) is 11.4 Å². The lowest BCUT2D eigenvalue weighted by Crippen LogP contribution is -2.27. The normalized spacial score (nSPS) is 25.7. The second-order valence-electron chi connectivity index (χ2n) is 4.23. The van der Waals surface area contributed by atoms with Gasteiger partial charge in [0.2, 0.25) is 0 Å². The van der Waals surface area contributed by atoms with E-state index in [1.165, 1.54) is 0 Å². The summed E-state index contributed by atoms with van der Waals surface area (Å²) in [6, 6.07) is 5.78. The quantitative estimate of drug-likeness (QED) is 0.796. The minimum absolute atomic E-state index is 0.0450. The highest BCUT2D eigenvalue weighted by Gasteiger charge is 2.32. The summed E-state index contributed by atoms with van der Waals surface area (Å²) in [6.45, 7) is 4.78. The molecule has 0 aromatic carbocycles. The molecule has 1 N–H and O–H groups in total. The molecule has 0 radical (unpaired) electrons. The molecule has 2 heterocycles. The molecular weight excluding hydrogens is 188 g/mol. The van der Waals surface area contributed by atoms with Crippen LogP contribution in [-0.2, 0) is 0 Å². The molecule has 80 valence electrons. The first-order chi connectivity index (χ1) is 7.20. The molecule has 1 aliphatic heterocycles. The zero-order valence-electron chi connectivity index (χ0n) is 9.09. The van der Waals surface area contributed by atoms with E-state index >= 15 is 0 Å². The van der Waals surface area contributed by atoms with Crippen LogP contribution in [0.25, 0.3) is 0 Å². The number of rotatable bonds is 2. The highest BCUT2D eigenvalue weighted by Crippen LogP contribution is 2.26. The Labute approximate surface area is 89.9 Å². The zero-order valence-corrected chi connectivity index (χ0v) is 9.09. The molecule has 3 heteroatoms. The van der Waals surface area contributed by atoms with Crippen LogP contribution in [0.15, 0.2) is 29.4 Å². The first kappa shape index (κ1) is 10.3. The van der Waals surface area contributed by atoms with Crippen molar-refractivity contribution in [2.45, 2.75) is 25.9 Å². The lowest BCUT2D eigenvalue weighted by atomic mass is 9.93. The summed E-state index contributed by atoms with van der Waals surface area (Å²) < 4.78 is 0. The molecule has 2 rings (SSSR count). The van der Waals surface area contributed by atoms with Crippen LogP contribution < -0.4 is 0 Å². The van der Waals surface area contributed by atoms with Crippen LogP contribution in [0.4, 0.5) is 0 Å². The highest BCUT2D eigenvalue weighted by molar-refractivity contribution is 5.92. The van der Waals surface area contributed by atoms with Gasteiger partial charge in [0.1, 0.15) is 6.10 Å². The standard InChI is InChI=1S/C12H16N2O/c1-8(2)11-12(15)9(7-14-11)10-5-3-4-6-13-10/h3-6,8-9,12,15H,7H2,1-2H3/t9-,12-/m0/s1. The molecule has 0 unspecified atom stereocenters. The SMILES string of the molecule is CC(C)C1=NC[C@@H](c2ccccn2)[C@@H]1O. The van der Waals surface area contributed by atoms with Crippen LogP contribution in [0.3, 0.4) is 0 Å². The van der Waals surface area contributed by atoms with Gasteiger partial charge < -0.3 is 5.11 Å². The summed E-state index contributed by atoms with van der Waals surface area (Å²) in [4.78, 5) is 8.67. The molecule has 0 bridgehead atoms. The van der Waals surface area contributed by atoms with Crippen LogP contribution in [-0.4, -0.2) is 28.5 Å². The maximum absolute atomic E-state index is 10.1. The monoisotopic (exact) mass is 204 g/mol. The van der Waals surface area contributed by atoms with Gasteiger partial charge >= 0.3 is 0 Å². The van der Waals surface area contributed by atoms with Crippen molar-refractivity contribution in [2.75, 3.05) is 6.54 Å². The molecule has 1 aromatic rings. The summed E-state index contributed by atoms with van der Waals surface area (Å²) in [5, 5.41) is 10.1. The fourth-order valence-electron chi connectivity index (χ4n) is 1.98. The second-order valence-corrected chi connectivity index (χ2v) is 4.23. The molecule has 0 amide bonds. The Morgan fingerprint density at radius 3 is 2.73 bits per heavy atom. The number of nitrogens with zero attached hydrogens (tertiary/aromatic N) is 2. The fraction of sp³-hybridized carbons (Fsp3) is 0.500. The molecule has 15 heavy (non-hydrogen) atoms. The Morgan fingerprint density at radius 1 is 1.40 bits per heavy atom. The van der Waals surface area contributed by atoms with Crippen LogP contribution in [0.5, 0.6) is 0 Å². The Kier molecular flexibility index (Phi) is 2.82. The van der Waals surface area contributed by atoms with E-state index in [9.17, 15) is 5.11 Å². The van der Waals surface area contributed by atoms with Crippen molar-refractivity contribution in [3.63, 3.8) is 0 Å². The van der Waals surface area contributed by atoms with Crippen LogP contribution >= 0.6 is 0 Å². The third kappa shape index (κ3) is 1.92. The molecule has 1 aliphatic rings. The van der Waals surface area contributed by atoms with Crippen molar-refractivity contribution in [3.8, 4) is 0 Å². The fourth-order valence-corrected chi connectivity index (χ4v) is 1.98. The minimum atomic E-state index is -0.458. The van der Waals surface area contributed by atoms with Crippen molar-refractivity contribution in [1.29, 1.82) is 0 Å². The van der Waals surface area contributed by atoms with E-state index in [2.05, 4.69) is 23.8 Å². The van der Waals surface area contributed by atoms with E-state index in [1.54, 1.807) is 6.20 Å². The number of aliphatic imine (C=N–C) groups is 1. The van der Waals surface area contributed by atoms with Crippen molar-refractivity contribution < 1.29 is 5.11 Å². The van der Waals surface area contributed by atoms with Gasteiger partial charge in [0.05, 0.1) is 12.5 Å². The van der Waals surface area contributed by atoms with Crippen LogP contribution in [0, 0.1) is 5.92 Å². The summed E-state index contributed by atoms with van der Waals surface area (Å²) in [5.41, 5.74) is 1.84. The molecule has 0 saturated carbocycles. The van der Waals surface area contributed by atoms with Gasteiger partial charge in [-0.1, -0.05) is 19.9 Å². The van der Waals surface area contributed by atoms with Gasteiger partial charge in [-0.25, -0.2) is 0 Å². The Bertz CT molecular complexity index is 359. The minimum Gasteiger partial charge on any atom is -0.386 e. The van der Waals surface area contributed by atoms with Crippen molar-refractivity contribution in [3.05, 3.63) is 30.1 Å². The van der Waals surface area contributed by atoms with Gasteiger partial charge in [-0.15, -0.1) is 0 Å². The maximum atomic E-state index is 10.1. The molecule has 0 aliphatic carbocycles. The summed E-state index contributed by atoms with van der Waals surface area (Å²) >= 11 is 0. The molecule has 0 saturated heterocycles. The van der Waals surface area contributed by atoms with Crippen LogP contribution in [0.1, 0.15) is 25.5 Å². The number of aromatic nitrogens is 1. The first-order valence-corrected chi connectivity index (χ1v) is 5.33. The zero-order chi connectivity index (χ0) is 10.8. The van der Waals surface area contributed by atoms with Gasteiger partial charge in [-0.05, 0) is 18.1 Å². The molecule has 3 nitrogen and oxygen atoms in total. The van der Waals surface area contributed by atoms with Crippen LogP contribution in [0.2, 0.25) is 0 Å². The Morgan fingerprint density at radius 2 is 2.20 bits per heavy atom. The summed E-state index contributed by atoms with van der Waals surface area (Å²) in [7, 11) is 0. The molecule has 0 fully saturated rings. The molecule has 1 aromatic heterocycles. The number of pyridine rings is 1. The molecule has 2 atom stereocenters. The predicted molar refractivity (Wildman–Crippen MR) is 60.1 cm³/mol. The third-order valence-electron chi connectivity index (χ3n) is 2.81. The van der Waals surface area contributed by atoms with Gasteiger partial charge in [-0.3, -0.25) is 9.98 Å². The van der Waals surface area contributed by atoms with Gasteiger partial charge in [0.15, 0.2) is 0 Å².